The molecule has 6 nitrogen and oxygen atoms in total. The minimum atomic E-state index is -0.274. The molecule has 0 bridgehead atoms. The van der Waals surface area contributed by atoms with Gasteiger partial charge in [0.05, 0.1) is 0 Å². The molecule has 0 aromatic carbocycles. The van der Waals surface area contributed by atoms with E-state index in [1.54, 1.807) is 6.07 Å². The van der Waals surface area contributed by atoms with Crippen molar-refractivity contribution in [1.29, 1.82) is 0 Å². The second-order valence-electron chi connectivity index (χ2n) is 6.65. The summed E-state index contributed by atoms with van der Waals surface area (Å²) in [7, 11) is 2.12. The number of carbonyl (C=O) groups excluding carboxylic acids is 1. The van der Waals surface area contributed by atoms with E-state index < -0.39 is 0 Å². The fraction of sp³-hybridized carbons (Fsp3) is 0.667. The van der Waals surface area contributed by atoms with Gasteiger partial charge in [0.25, 0.3) is 5.91 Å². The average Bonchev–Trinajstić information content (AvgIpc) is 2.36. The SMILES string of the molecule is Cc1nc(C(=O)NC(C)(C)C)cc(N2CCN(C)CC2)n1. The zero-order chi connectivity index (χ0) is 15.6. The highest BCUT2D eigenvalue weighted by molar-refractivity contribution is 5.93. The standard InChI is InChI=1S/C15H25N5O/c1-11-16-12(14(21)18-15(2,3)4)10-13(17-11)20-8-6-19(5)7-9-20/h10H,6-9H2,1-5H3,(H,18,21). The number of likely N-dealkylation sites (N-methyl/N-ethyl adjacent to an activating group) is 1. The lowest BCUT2D eigenvalue weighted by Crippen LogP contribution is -2.45. The smallest absolute Gasteiger partial charge is 0.270 e. The van der Waals surface area contributed by atoms with Crippen LogP contribution in [0.1, 0.15) is 37.1 Å². The number of nitrogens with one attached hydrogen (secondary N) is 1. The number of anilines is 1. The summed E-state index contributed by atoms with van der Waals surface area (Å²) < 4.78 is 0. The van der Waals surface area contributed by atoms with Gasteiger partial charge in [-0.3, -0.25) is 4.79 Å². The van der Waals surface area contributed by atoms with E-state index in [0.717, 1.165) is 32.0 Å². The summed E-state index contributed by atoms with van der Waals surface area (Å²) >= 11 is 0. The summed E-state index contributed by atoms with van der Waals surface area (Å²) in [5.41, 5.74) is 0.163. The van der Waals surface area contributed by atoms with Crippen LogP contribution in [0.15, 0.2) is 6.07 Å². The van der Waals surface area contributed by atoms with Gasteiger partial charge >= 0.3 is 0 Å². The van der Waals surface area contributed by atoms with Crippen molar-refractivity contribution in [2.75, 3.05) is 38.1 Å². The maximum Gasteiger partial charge on any atom is 0.270 e. The Morgan fingerprint density at radius 3 is 2.38 bits per heavy atom. The van der Waals surface area contributed by atoms with Gasteiger partial charge in [-0.25, -0.2) is 9.97 Å². The van der Waals surface area contributed by atoms with E-state index in [4.69, 9.17) is 0 Å². The van der Waals surface area contributed by atoms with Gasteiger partial charge in [-0.05, 0) is 34.7 Å². The second kappa shape index (κ2) is 5.97. The molecule has 0 spiro atoms. The van der Waals surface area contributed by atoms with E-state index in [9.17, 15) is 4.79 Å². The molecule has 21 heavy (non-hydrogen) atoms. The lowest BCUT2D eigenvalue weighted by molar-refractivity contribution is 0.0914. The Hall–Kier alpha value is -1.69. The van der Waals surface area contributed by atoms with E-state index in [0.29, 0.717) is 11.5 Å². The van der Waals surface area contributed by atoms with Crippen molar-refractivity contribution in [2.45, 2.75) is 33.2 Å². The molecule has 0 radical (unpaired) electrons. The van der Waals surface area contributed by atoms with Crippen LogP contribution in [-0.2, 0) is 0 Å². The Labute approximate surface area is 126 Å². The normalized spacial score (nSPS) is 16.9. The van der Waals surface area contributed by atoms with E-state index in [1.807, 2.05) is 27.7 Å². The number of nitrogens with zero attached hydrogens (tertiary/aromatic N) is 4. The van der Waals surface area contributed by atoms with Gasteiger partial charge < -0.3 is 15.1 Å². The van der Waals surface area contributed by atoms with Gasteiger partial charge in [0.2, 0.25) is 0 Å². The maximum absolute atomic E-state index is 12.3. The summed E-state index contributed by atoms with van der Waals surface area (Å²) in [4.78, 5) is 25.5. The molecule has 1 amide bonds. The number of carbonyl (C=O) groups is 1. The van der Waals surface area contributed by atoms with Gasteiger partial charge in [0, 0.05) is 37.8 Å². The predicted octanol–water partition coefficient (Wildman–Crippen LogP) is 1.07. The summed E-state index contributed by atoms with van der Waals surface area (Å²) in [5.74, 6) is 1.32. The first-order valence-corrected chi connectivity index (χ1v) is 7.36. The Kier molecular flexibility index (Phi) is 4.46. The highest BCUT2D eigenvalue weighted by atomic mass is 16.2. The van der Waals surface area contributed by atoms with Crippen molar-refractivity contribution >= 4 is 11.7 Å². The molecule has 1 aromatic heterocycles. The van der Waals surface area contributed by atoms with Crippen molar-refractivity contribution in [3.8, 4) is 0 Å². The third-order valence-corrected chi connectivity index (χ3v) is 3.37. The molecule has 6 heteroatoms. The number of hydrogen-bond acceptors (Lipinski definition) is 5. The van der Waals surface area contributed by atoms with Gasteiger partial charge in [-0.2, -0.15) is 0 Å². The van der Waals surface area contributed by atoms with Crippen LogP contribution in [0.5, 0.6) is 0 Å². The van der Waals surface area contributed by atoms with Gasteiger partial charge in [-0.1, -0.05) is 0 Å². The topological polar surface area (TPSA) is 61.4 Å². The third-order valence-electron chi connectivity index (χ3n) is 3.37. The maximum atomic E-state index is 12.3. The summed E-state index contributed by atoms with van der Waals surface area (Å²) in [5, 5.41) is 2.94. The average molecular weight is 291 g/mol. The molecule has 1 N–H and O–H groups in total. The van der Waals surface area contributed by atoms with Crippen LogP contribution in [0.3, 0.4) is 0 Å². The molecule has 0 unspecified atom stereocenters. The number of aryl methyl sites for hydroxylation is 1. The molecular weight excluding hydrogens is 266 g/mol. The molecule has 2 rings (SSSR count). The number of aromatic nitrogens is 2. The van der Waals surface area contributed by atoms with Crippen molar-refractivity contribution in [3.63, 3.8) is 0 Å². The molecule has 1 aromatic rings. The van der Waals surface area contributed by atoms with Crippen LogP contribution in [0.2, 0.25) is 0 Å². The predicted molar refractivity (Wildman–Crippen MR) is 83.7 cm³/mol. The first kappa shape index (κ1) is 15.7. The third kappa shape index (κ3) is 4.39. The zero-order valence-electron chi connectivity index (χ0n) is 13.6. The molecule has 1 aliphatic rings. The molecule has 1 fully saturated rings. The Morgan fingerprint density at radius 1 is 1.19 bits per heavy atom. The summed E-state index contributed by atoms with van der Waals surface area (Å²) in [6, 6.07) is 1.79. The van der Waals surface area contributed by atoms with Crippen LogP contribution in [-0.4, -0.2) is 59.5 Å². The molecule has 0 atom stereocenters. The van der Waals surface area contributed by atoms with Crippen molar-refractivity contribution in [3.05, 3.63) is 17.6 Å². The highest BCUT2D eigenvalue weighted by Gasteiger charge is 2.20. The molecule has 1 saturated heterocycles. The summed E-state index contributed by atoms with van der Waals surface area (Å²) in [6.07, 6.45) is 0. The fourth-order valence-electron chi connectivity index (χ4n) is 2.27. The number of amides is 1. The van der Waals surface area contributed by atoms with Crippen LogP contribution >= 0.6 is 0 Å². The van der Waals surface area contributed by atoms with Crippen LogP contribution in [0.25, 0.3) is 0 Å². The van der Waals surface area contributed by atoms with Gasteiger partial charge in [0.15, 0.2) is 0 Å². The number of piperazine rings is 1. The monoisotopic (exact) mass is 291 g/mol. The molecular formula is C15H25N5O. The van der Waals surface area contributed by atoms with Gasteiger partial charge in [-0.15, -0.1) is 0 Å². The molecule has 0 aliphatic carbocycles. The van der Waals surface area contributed by atoms with Crippen LogP contribution < -0.4 is 10.2 Å². The molecule has 2 heterocycles. The number of rotatable bonds is 2. The van der Waals surface area contributed by atoms with E-state index >= 15 is 0 Å². The molecule has 116 valence electrons. The van der Waals surface area contributed by atoms with E-state index in [2.05, 4.69) is 32.1 Å². The largest absolute Gasteiger partial charge is 0.354 e. The lowest BCUT2D eigenvalue weighted by Gasteiger charge is -2.33. The van der Waals surface area contributed by atoms with Gasteiger partial charge in [0.1, 0.15) is 17.3 Å². The highest BCUT2D eigenvalue weighted by Crippen LogP contribution is 2.15. The lowest BCUT2D eigenvalue weighted by atomic mass is 10.1. The zero-order valence-corrected chi connectivity index (χ0v) is 13.6. The van der Waals surface area contributed by atoms with Crippen LogP contribution in [0.4, 0.5) is 5.82 Å². The van der Waals surface area contributed by atoms with E-state index in [-0.39, 0.29) is 11.4 Å². The first-order chi connectivity index (χ1) is 9.74. The number of hydrogen-bond donors (Lipinski definition) is 1. The molecule has 0 saturated carbocycles. The Bertz CT molecular complexity index is 515. The first-order valence-electron chi connectivity index (χ1n) is 7.36. The molecule has 1 aliphatic heterocycles. The van der Waals surface area contributed by atoms with Crippen molar-refractivity contribution < 1.29 is 4.79 Å². The fourth-order valence-corrected chi connectivity index (χ4v) is 2.27. The Balaban J connectivity index is 2.19. The minimum absolute atomic E-state index is 0.150. The Morgan fingerprint density at radius 2 is 1.81 bits per heavy atom. The second-order valence-corrected chi connectivity index (χ2v) is 6.65. The van der Waals surface area contributed by atoms with Crippen molar-refractivity contribution in [1.82, 2.24) is 20.2 Å². The van der Waals surface area contributed by atoms with E-state index in [1.165, 1.54) is 0 Å². The minimum Gasteiger partial charge on any atom is -0.354 e. The summed E-state index contributed by atoms with van der Waals surface area (Å²) in [6.45, 7) is 11.6. The van der Waals surface area contributed by atoms with Crippen LogP contribution in [0, 0.1) is 6.92 Å². The quantitative estimate of drug-likeness (QED) is 0.883. The van der Waals surface area contributed by atoms with Crippen molar-refractivity contribution in [2.24, 2.45) is 0 Å².